The highest BCUT2D eigenvalue weighted by Gasteiger charge is 2.05. The summed E-state index contributed by atoms with van der Waals surface area (Å²) in [5.41, 5.74) is 1.90. The highest BCUT2D eigenvalue weighted by atomic mass is 16.5. The molecule has 0 aromatic heterocycles. The Bertz CT molecular complexity index is 342. The molecule has 0 aliphatic carbocycles. The van der Waals surface area contributed by atoms with Crippen LogP contribution in [0.2, 0.25) is 0 Å². The van der Waals surface area contributed by atoms with Crippen molar-refractivity contribution in [1.82, 2.24) is 0 Å². The lowest BCUT2D eigenvalue weighted by atomic mass is 10.1. The molecule has 13 heavy (non-hydrogen) atoms. The van der Waals surface area contributed by atoms with Gasteiger partial charge >= 0.3 is 5.97 Å². The zero-order valence-corrected chi connectivity index (χ0v) is 7.53. The van der Waals surface area contributed by atoms with Crippen molar-refractivity contribution >= 4 is 12.3 Å². The Morgan fingerprint density at radius 3 is 2.69 bits per heavy atom. The van der Waals surface area contributed by atoms with Gasteiger partial charge in [0.05, 0.1) is 0 Å². The Morgan fingerprint density at radius 2 is 2.08 bits per heavy atom. The van der Waals surface area contributed by atoms with Crippen LogP contribution in [0.4, 0.5) is 0 Å². The standard InChI is InChI=1S/C10H10O3/c1-7-4-3-5-9(8(7)2)13-10(12)6-11/h3-6H,1-2H3. The second-order valence-electron chi connectivity index (χ2n) is 2.74. The van der Waals surface area contributed by atoms with Gasteiger partial charge in [-0.25, -0.2) is 4.79 Å². The lowest BCUT2D eigenvalue weighted by Gasteiger charge is -2.06. The number of hydrogen-bond acceptors (Lipinski definition) is 3. The fraction of sp³-hybridized carbons (Fsp3) is 0.200. The first-order chi connectivity index (χ1) is 6.15. The summed E-state index contributed by atoms with van der Waals surface area (Å²) in [5.74, 6) is -0.425. The molecule has 0 bridgehead atoms. The van der Waals surface area contributed by atoms with E-state index in [2.05, 4.69) is 0 Å². The highest BCUT2D eigenvalue weighted by Crippen LogP contribution is 2.20. The van der Waals surface area contributed by atoms with E-state index in [0.717, 1.165) is 11.1 Å². The van der Waals surface area contributed by atoms with Crippen LogP contribution in [0.1, 0.15) is 11.1 Å². The summed E-state index contributed by atoms with van der Waals surface area (Å²) in [6.45, 7) is 3.75. The molecule has 1 rings (SSSR count). The maximum absolute atomic E-state index is 10.7. The zero-order chi connectivity index (χ0) is 9.84. The molecule has 68 valence electrons. The number of aryl methyl sites for hydroxylation is 1. The fourth-order valence-electron chi connectivity index (χ4n) is 0.967. The monoisotopic (exact) mass is 178 g/mol. The van der Waals surface area contributed by atoms with Crippen LogP contribution < -0.4 is 4.74 Å². The lowest BCUT2D eigenvalue weighted by Crippen LogP contribution is -2.09. The minimum absolute atomic E-state index is 0.155. The van der Waals surface area contributed by atoms with Crippen molar-refractivity contribution in [2.75, 3.05) is 0 Å². The van der Waals surface area contributed by atoms with Crippen LogP contribution in [0.25, 0.3) is 0 Å². The molecule has 0 unspecified atom stereocenters. The average Bonchev–Trinajstić information content (AvgIpc) is 2.13. The van der Waals surface area contributed by atoms with Gasteiger partial charge in [0.1, 0.15) is 5.75 Å². The quantitative estimate of drug-likeness (QED) is 0.297. The van der Waals surface area contributed by atoms with E-state index in [9.17, 15) is 9.59 Å². The molecule has 0 radical (unpaired) electrons. The van der Waals surface area contributed by atoms with E-state index in [4.69, 9.17) is 4.74 Å². The summed E-state index contributed by atoms with van der Waals surface area (Å²) < 4.78 is 4.77. The van der Waals surface area contributed by atoms with Crippen LogP contribution in [0.5, 0.6) is 5.75 Å². The molecule has 0 fully saturated rings. The second kappa shape index (κ2) is 3.85. The number of esters is 1. The summed E-state index contributed by atoms with van der Waals surface area (Å²) in [6.07, 6.45) is 0.155. The first kappa shape index (κ1) is 9.45. The number of rotatable bonds is 2. The third kappa shape index (κ3) is 2.15. The van der Waals surface area contributed by atoms with Gasteiger partial charge in [0.25, 0.3) is 0 Å². The molecule has 0 N–H and O–H groups in total. The SMILES string of the molecule is Cc1cccc(OC(=O)C=O)c1C. The average molecular weight is 178 g/mol. The zero-order valence-electron chi connectivity index (χ0n) is 7.53. The predicted octanol–water partition coefficient (Wildman–Crippen LogP) is 1.41. The van der Waals surface area contributed by atoms with Crippen molar-refractivity contribution in [3.8, 4) is 5.75 Å². The van der Waals surface area contributed by atoms with Crippen LogP contribution in [-0.4, -0.2) is 12.3 Å². The summed E-state index contributed by atoms with van der Waals surface area (Å²) in [6, 6.07) is 5.34. The van der Waals surface area contributed by atoms with Crippen molar-refractivity contribution in [3.05, 3.63) is 29.3 Å². The van der Waals surface area contributed by atoms with E-state index in [-0.39, 0.29) is 6.29 Å². The number of carbonyl (C=O) groups excluding carboxylic acids is 2. The summed E-state index contributed by atoms with van der Waals surface area (Å²) in [7, 11) is 0. The summed E-state index contributed by atoms with van der Waals surface area (Å²) in [4.78, 5) is 20.7. The molecule has 0 heterocycles. The van der Waals surface area contributed by atoms with Crippen molar-refractivity contribution in [3.63, 3.8) is 0 Å². The minimum Gasteiger partial charge on any atom is -0.421 e. The number of benzene rings is 1. The van der Waals surface area contributed by atoms with Gasteiger partial charge in [0.15, 0.2) is 0 Å². The number of hydrogen-bond donors (Lipinski definition) is 0. The van der Waals surface area contributed by atoms with Crippen molar-refractivity contribution in [2.45, 2.75) is 13.8 Å². The van der Waals surface area contributed by atoms with Gasteiger partial charge < -0.3 is 4.74 Å². The van der Waals surface area contributed by atoms with Gasteiger partial charge in [-0.3, -0.25) is 4.79 Å². The Kier molecular flexibility index (Phi) is 2.80. The third-order valence-electron chi connectivity index (χ3n) is 1.86. The Morgan fingerprint density at radius 1 is 1.38 bits per heavy atom. The third-order valence-corrected chi connectivity index (χ3v) is 1.86. The maximum Gasteiger partial charge on any atom is 0.376 e. The molecule has 0 saturated heterocycles. The number of ether oxygens (including phenoxy) is 1. The molecular formula is C10H10O3. The first-order valence-electron chi connectivity index (χ1n) is 3.88. The van der Waals surface area contributed by atoms with Gasteiger partial charge in [0, 0.05) is 0 Å². The first-order valence-corrected chi connectivity index (χ1v) is 3.88. The molecular weight excluding hydrogens is 168 g/mol. The van der Waals surface area contributed by atoms with E-state index in [1.54, 1.807) is 12.1 Å². The van der Waals surface area contributed by atoms with Crippen molar-refractivity contribution in [1.29, 1.82) is 0 Å². The van der Waals surface area contributed by atoms with Crippen molar-refractivity contribution in [2.24, 2.45) is 0 Å². The van der Waals surface area contributed by atoms with Crippen LogP contribution in [0.3, 0.4) is 0 Å². The van der Waals surface area contributed by atoms with Gasteiger partial charge in [-0.2, -0.15) is 0 Å². The van der Waals surface area contributed by atoms with E-state index >= 15 is 0 Å². The molecule has 1 aromatic rings. The lowest BCUT2D eigenvalue weighted by molar-refractivity contribution is -0.141. The van der Waals surface area contributed by atoms with E-state index < -0.39 is 5.97 Å². The fourth-order valence-corrected chi connectivity index (χ4v) is 0.967. The smallest absolute Gasteiger partial charge is 0.376 e. The van der Waals surface area contributed by atoms with E-state index in [1.165, 1.54) is 0 Å². The van der Waals surface area contributed by atoms with E-state index in [1.807, 2.05) is 19.9 Å². The van der Waals surface area contributed by atoms with Crippen LogP contribution >= 0.6 is 0 Å². The van der Waals surface area contributed by atoms with Gasteiger partial charge in [0.2, 0.25) is 6.29 Å². The molecule has 0 amide bonds. The van der Waals surface area contributed by atoms with Crippen LogP contribution in [-0.2, 0) is 9.59 Å². The molecule has 0 aliphatic heterocycles. The molecule has 3 nitrogen and oxygen atoms in total. The molecule has 0 aliphatic rings. The normalized spacial score (nSPS) is 9.38. The topological polar surface area (TPSA) is 43.4 Å². The molecule has 0 atom stereocenters. The van der Waals surface area contributed by atoms with Gasteiger partial charge in [-0.1, -0.05) is 12.1 Å². The molecule has 0 spiro atoms. The minimum atomic E-state index is -0.867. The molecule has 1 aromatic carbocycles. The highest BCUT2D eigenvalue weighted by molar-refractivity contribution is 6.21. The number of carbonyl (C=O) groups is 2. The molecule has 0 saturated carbocycles. The van der Waals surface area contributed by atoms with Crippen molar-refractivity contribution < 1.29 is 14.3 Å². The summed E-state index contributed by atoms with van der Waals surface area (Å²) >= 11 is 0. The largest absolute Gasteiger partial charge is 0.421 e. The van der Waals surface area contributed by atoms with Gasteiger partial charge in [-0.15, -0.1) is 0 Å². The van der Waals surface area contributed by atoms with E-state index in [0.29, 0.717) is 5.75 Å². The Hall–Kier alpha value is -1.64. The van der Waals surface area contributed by atoms with Crippen LogP contribution in [0.15, 0.2) is 18.2 Å². The second-order valence-corrected chi connectivity index (χ2v) is 2.74. The van der Waals surface area contributed by atoms with Gasteiger partial charge in [-0.05, 0) is 31.0 Å². The maximum atomic E-state index is 10.7. The molecule has 3 heteroatoms. The summed E-state index contributed by atoms with van der Waals surface area (Å²) in [5, 5.41) is 0. The predicted molar refractivity (Wildman–Crippen MR) is 47.6 cm³/mol. The Labute approximate surface area is 76.3 Å². The number of aldehydes is 1. The Balaban J connectivity index is 2.95. The van der Waals surface area contributed by atoms with Crippen LogP contribution in [0, 0.1) is 13.8 Å².